The van der Waals surface area contributed by atoms with E-state index in [4.69, 9.17) is 4.74 Å². The molecule has 1 aromatic heterocycles. The third-order valence-electron chi connectivity index (χ3n) is 1.96. The van der Waals surface area contributed by atoms with Crippen LogP contribution in [0.5, 0.6) is 5.75 Å². The number of rotatable bonds is 2. The van der Waals surface area contributed by atoms with Gasteiger partial charge >= 0.3 is 6.09 Å². The van der Waals surface area contributed by atoms with E-state index >= 15 is 0 Å². The van der Waals surface area contributed by atoms with Crippen molar-refractivity contribution >= 4 is 6.09 Å². The molecule has 5 heteroatoms. The first-order valence-electron chi connectivity index (χ1n) is 5.43. The highest BCUT2D eigenvalue weighted by molar-refractivity contribution is 5.68. The number of carbonyl (C=O) groups excluding carboxylic acids is 1. The molecule has 1 aromatic rings. The molecule has 0 radical (unpaired) electrons. The third kappa shape index (κ3) is 4.30. The summed E-state index contributed by atoms with van der Waals surface area (Å²) in [5, 5.41) is 12.2. The van der Waals surface area contributed by atoms with Gasteiger partial charge in [0.05, 0.1) is 6.04 Å². The molecule has 0 aliphatic rings. The molecule has 17 heavy (non-hydrogen) atoms. The van der Waals surface area contributed by atoms with E-state index in [1.807, 2.05) is 0 Å². The Morgan fingerprint density at radius 3 is 2.71 bits per heavy atom. The summed E-state index contributed by atoms with van der Waals surface area (Å²) in [6, 6.07) is 2.74. The number of amides is 1. The van der Waals surface area contributed by atoms with E-state index in [1.165, 1.54) is 6.07 Å². The van der Waals surface area contributed by atoms with Gasteiger partial charge in [-0.3, -0.25) is 4.98 Å². The molecule has 0 aromatic carbocycles. The highest BCUT2D eigenvalue weighted by atomic mass is 16.6. The normalized spacial score (nSPS) is 12.9. The molecule has 5 nitrogen and oxygen atoms in total. The summed E-state index contributed by atoms with van der Waals surface area (Å²) < 4.78 is 5.11. The lowest BCUT2D eigenvalue weighted by Crippen LogP contribution is -2.34. The van der Waals surface area contributed by atoms with E-state index in [2.05, 4.69) is 10.3 Å². The quantitative estimate of drug-likeness (QED) is 0.829. The summed E-state index contributed by atoms with van der Waals surface area (Å²) in [4.78, 5) is 15.5. The van der Waals surface area contributed by atoms with Crippen molar-refractivity contribution in [2.45, 2.75) is 39.3 Å². The number of hydrogen-bond donors (Lipinski definition) is 2. The molecule has 1 amide bonds. The molecule has 1 atom stereocenters. The topological polar surface area (TPSA) is 71.5 Å². The lowest BCUT2D eigenvalue weighted by atomic mass is 10.2. The van der Waals surface area contributed by atoms with Crippen LogP contribution in [0.1, 0.15) is 39.4 Å². The van der Waals surface area contributed by atoms with Crippen molar-refractivity contribution in [1.82, 2.24) is 10.3 Å². The fourth-order valence-corrected chi connectivity index (χ4v) is 1.30. The highest BCUT2D eigenvalue weighted by Crippen LogP contribution is 2.20. The molecular weight excluding hydrogens is 220 g/mol. The molecule has 1 rings (SSSR count). The Labute approximate surface area is 101 Å². The fraction of sp³-hybridized carbons (Fsp3) is 0.500. The lowest BCUT2D eigenvalue weighted by Gasteiger charge is -2.21. The van der Waals surface area contributed by atoms with Crippen LogP contribution in [-0.2, 0) is 4.74 Å². The van der Waals surface area contributed by atoms with Crippen LogP contribution < -0.4 is 5.32 Å². The number of pyridine rings is 1. The Bertz CT molecular complexity index is 399. The van der Waals surface area contributed by atoms with Crippen LogP contribution in [0.2, 0.25) is 0 Å². The van der Waals surface area contributed by atoms with Crippen LogP contribution >= 0.6 is 0 Å². The van der Waals surface area contributed by atoms with Gasteiger partial charge in [0.15, 0.2) is 0 Å². The summed E-state index contributed by atoms with van der Waals surface area (Å²) in [6.07, 6.45) is 1.03. The van der Waals surface area contributed by atoms with Crippen LogP contribution in [-0.4, -0.2) is 21.8 Å². The molecule has 0 saturated heterocycles. The standard InChI is InChI=1S/C12H18N2O3/c1-8(10-9(15)6-5-7-13-10)14-11(16)17-12(2,3)4/h5-8,15H,1-4H3,(H,14,16). The zero-order valence-electron chi connectivity index (χ0n) is 10.5. The summed E-state index contributed by atoms with van der Waals surface area (Å²) in [7, 11) is 0. The largest absolute Gasteiger partial charge is 0.506 e. The average Bonchev–Trinajstić information content (AvgIpc) is 2.14. The van der Waals surface area contributed by atoms with Gasteiger partial charge in [-0.05, 0) is 39.8 Å². The number of hydrogen-bond acceptors (Lipinski definition) is 4. The van der Waals surface area contributed by atoms with Gasteiger partial charge in [0.1, 0.15) is 17.0 Å². The van der Waals surface area contributed by atoms with Gasteiger partial charge in [-0.15, -0.1) is 0 Å². The maximum Gasteiger partial charge on any atom is 0.408 e. The minimum atomic E-state index is -0.546. The first-order valence-corrected chi connectivity index (χ1v) is 5.43. The zero-order valence-corrected chi connectivity index (χ0v) is 10.5. The van der Waals surface area contributed by atoms with Crippen LogP contribution in [0, 0.1) is 0 Å². The number of aromatic nitrogens is 1. The molecule has 1 heterocycles. The predicted molar refractivity (Wildman–Crippen MR) is 63.7 cm³/mol. The molecule has 1 unspecified atom stereocenters. The van der Waals surface area contributed by atoms with E-state index in [1.54, 1.807) is 40.0 Å². The van der Waals surface area contributed by atoms with Gasteiger partial charge in [0, 0.05) is 6.20 Å². The van der Waals surface area contributed by atoms with E-state index in [9.17, 15) is 9.90 Å². The van der Waals surface area contributed by atoms with E-state index in [0.29, 0.717) is 5.69 Å². The monoisotopic (exact) mass is 238 g/mol. The Kier molecular flexibility index (Phi) is 3.93. The fourth-order valence-electron chi connectivity index (χ4n) is 1.30. The summed E-state index contributed by atoms with van der Waals surface area (Å²) in [5.41, 5.74) is -0.131. The van der Waals surface area contributed by atoms with Crippen molar-refractivity contribution in [2.24, 2.45) is 0 Å². The van der Waals surface area contributed by atoms with Crippen molar-refractivity contribution in [3.63, 3.8) is 0 Å². The van der Waals surface area contributed by atoms with Gasteiger partial charge in [0.2, 0.25) is 0 Å². The Morgan fingerprint density at radius 2 is 2.18 bits per heavy atom. The van der Waals surface area contributed by atoms with Crippen molar-refractivity contribution in [1.29, 1.82) is 0 Å². The van der Waals surface area contributed by atoms with Crippen LogP contribution in [0.15, 0.2) is 18.3 Å². The first-order chi connectivity index (χ1) is 7.79. The second-order valence-electron chi connectivity index (χ2n) is 4.78. The SMILES string of the molecule is CC(NC(=O)OC(C)(C)C)c1ncccc1O. The predicted octanol–water partition coefficient (Wildman–Crippen LogP) is 2.37. The zero-order chi connectivity index (χ0) is 13.1. The molecule has 0 aliphatic carbocycles. The van der Waals surface area contributed by atoms with Gasteiger partial charge in [0.25, 0.3) is 0 Å². The van der Waals surface area contributed by atoms with E-state index in [0.717, 1.165) is 0 Å². The maximum atomic E-state index is 11.5. The summed E-state index contributed by atoms with van der Waals surface area (Å²) >= 11 is 0. The molecule has 0 bridgehead atoms. The Hall–Kier alpha value is -1.78. The number of nitrogens with zero attached hydrogens (tertiary/aromatic N) is 1. The average molecular weight is 238 g/mol. The Morgan fingerprint density at radius 1 is 1.53 bits per heavy atom. The lowest BCUT2D eigenvalue weighted by molar-refractivity contribution is 0.0506. The Balaban J connectivity index is 2.64. The van der Waals surface area contributed by atoms with Gasteiger partial charge in [-0.1, -0.05) is 0 Å². The van der Waals surface area contributed by atoms with Crippen LogP contribution in [0.3, 0.4) is 0 Å². The number of nitrogens with one attached hydrogen (secondary N) is 1. The minimum absolute atomic E-state index is 0.0519. The third-order valence-corrected chi connectivity index (χ3v) is 1.96. The maximum absolute atomic E-state index is 11.5. The van der Waals surface area contributed by atoms with Crippen LogP contribution in [0.4, 0.5) is 4.79 Å². The van der Waals surface area contributed by atoms with Crippen molar-refractivity contribution < 1.29 is 14.6 Å². The molecule has 0 aliphatic heterocycles. The summed E-state index contributed by atoms with van der Waals surface area (Å²) in [5.74, 6) is 0.0519. The molecular formula is C12H18N2O3. The molecule has 0 fully saturated rings. The van der Waals surface area contributed by atoms with Crippen LogP contribution in [0.25, 0.3) is 0 Å². The van der Waals surface area contributed by atoms with E-state index < -0.39 is 17.7 Å². The van der Waals surface area contributed by atoms with Crippen molar-refractivity contribution in [3.05, 3.63) is 24.0 Å². The van der Waals surface area contributed by atoms with Gasteiger partial charge in [-0.25, -0.2) is 4.79 Å². The molecule has 2 N–H and O–H groups in total. The smallest absolute Gasteiger partial charge is 0.408 e. The number of aromatic hydroxyl groups is 1. The molecule has 0 saturated carbocycles. The minimum Gasteiger partial charge on any atom is -0.506 e. The van der Waals surface area contributed by atoms with Gasteiger partial charge in [-0.2, -0.15) is 0 Å². The van der Waals surface area contributed by atoms with Gasteiger partial charge < -0.3 is 15.2 Å². The second kappa shape index (κ2) is 5.03. The van der Waals surface area contributed by atoms with Crippen molar-refractivity contribution in [2.75, 3.05) is 0 Å². The molecule has 94 valence electrons. The first kappa shape index (κ1) is 13.3. The number of carbonyl (C=O) groups is 1. The number of ether oxygens (including phenoxy) is 1. The molecule has 0 spiro atoms. The summed E-state index contributed by atoms with van der Waals surface area (Å²) in [6.45, 7) is 7.09. The highest BCUT2D eigenvalue weighted by Gasteiger charge is 2.19. The second-order valence-corrected chi connectivity index (χ2v) is 4.78. The number of alkyl carbamates (subject to hydrolysis) is 1. The van der Waals surface area contributed by atoms with Crippen molar-refractivity contribution in [3.8, 4) is 5.75 Å². The van der Waals surface area contributed by atoms with E-state index in [-0.39, 0.29) is 5.75 Å².